The van der Waals surface area contributed by atoms with Crippen molar-refractivity contribution in [2.45, 2.75) is 6.54 Å². The second-order valence-corrected chi connectivity index (χ2v) is 4.99. The summed E-state index contributed by atoms with van der Waals surface area (Å²) in [6, 6.07) is 13.0. The van der Waals surface area contributed by atoms with Gasteiger partial charge in [-0.3, -0.25) is 0 Å². The number of nitrogens with two attached hydrogens (primary N) is 1. The third kappa shape index (κ3) is 2.76. The zero-order valence-electron chi connectivity index (χ0n) is 10.1. The van der Waals surface area contributed by atoms with E-state index in [9.17, 15) is 5.11 Å². The number of rotatable bonds is 3. The van der Waals surface area contributed by atoms with Crippen molar-refractivity contribution in [2.24, 2.45) is 0 Å². The van der Waals surface area contributed by atoms with Crippen LogP contribution in [0.2, 0.25) is 0 Å². The monoisotopic (exact) mass is 306 g/mol. The minimum Gasteiger partial charge on any atom is -0.508 e. The van der Waals surface area contributed by atoms with E-state index in [0.29, 0.717) is 0 Å². The first-order valence-electron chi connectivity index (χ1n) is 5.61. The van der Waals surface area contributed by atoms with Crippen molar-refractivity contribution in [2.75, 3.05) is 17.7 Å². The number of nitrogen functional groups attached to an aromatic ring is 1. The van der Waals surface area contributed by atoms with Crippen molar-refractivity contribution >= 4 is 27.3 Å². The molecule has 0 unspecified atom stereocenters. The molecule has 0 aliphatic carbocycles. The van der Waals surface area contributed by atoms with E-state index < -0.39 is 0 Å². The molecule has 94 valence electrons. The van der Waals surface area contributed by atoms with Gasteiger partial charge >= 0.3 is 0 Å². The maximum atomic E-state index is 9.27. The molecule has 2 rings (SSSR count). The molecule has 0 aliphatic heterocycles. The summed E-state index contributed by atoms with van der Waals surface area (Å²) in [5.74, 6) is 0.275. The fourth-order valence-electron chi connectivity index (χ4n) is 1.78. The molecule has 0 spiro atoms. The van der Waals surface area contributed by atoms with E-state index in [1.54, 1.807) is 12.1 Å². The smallest absolute Gasteiger partial charge is 0.115 e. The highest BCUT2D eigenvalue weighted by Gasteiger charge is 2.07. The molecule has 2 aromatic rings. The second-order valence-electron chi connectivity index (χ2n) is 4.19. The third-order valence-electron chi connectivity index (χ3n) is 2.81. The van der Waals surface area contributed by atoms with Crippen molar-refractivity contribution in [3.63, 3.8) is 0 Å². The summed E-state index contributed by atoms with van der Waals surface area (Å²) >= 11 is 3.50. The van der Waals surface area contributed by atoms with Gasteiger partial charge in [0, 0.05) is 29.4 Å². The fraction of sp³-hybridized carbons (Fsp3) is 0.143. The minimum absolute atomic E-state index is 0.275. The average molecular weight is 307 g/mol. The number of phenolic OH excluding ortho intramolecular Hbond substituents is 1. The molecule has 0 amide bonds. The van der Waals surface area contributed by atoms with E-state index in [4.69, 9.17) is 5.73 Å². The van der Waals surface area contributed by atoms with E-state index in [1.807, 2.05) is 37.4 Å². The molecule has 3 N–H and O–H groups in total. The zero-order valence-corrected chi connectivity index (χ0v) is 11.7. The summed E-state index contributed by atoms with van der Waals surface area (Å²) in [7, 11) is 2.00. The van der Waals surface area contributed by atoms with Crippen LogP contribution in [0.4, 0.5) is 11.4 Å². The summed E-state index contributed by atoms with van der Waals surface area (Å²) in [6.07, 6.45) is 0. The summed E-state index contributed by atoms with van der Waals surface area (Å²) in [6.45, 7) is 0.746. The standard InChI is InChI=1S/C14H15BrN2O/c1-17(11-5-7-12(18)8-6-11)9-10-3-2-4-13(16)14(10)15/h2-8,18H,9,16H2,1H3. The van der Waals surface area contributed by atoms with E-state index in [-0.39, 0.29) is 5.75 Å². The van der Waals surface area contributed by atoms with Crippen LogP contribution >= 0.6 is 15.9 Å². The molecule has 0 aliphatic rings. The molecule has 0 fully saturated rings. The first-order chi connectivity index (χ1) is 8.58. The Balaban J connectivity index is 2.18. The lowest BCUT2D eigenvalue weighted by Gasteiger charge is -2.20. The van der Waals surface area contributed by atoms with Crippen LogP contribution in [0.15, 0.2) is 46.9 Å². The quantitative estimate of drug-likeness (QED) is 0.855. The largest absolute Gasteiger partial charge is 0.508 e. The Bertz CT molecular complexity index is 540. The highest BCUT2D eigenvalue weighted by molar-refractivity contribution is 9.10. The van der Waals surface area contributed by atoms with Crippen LogP contribution in [0.3, 0.4) is 0 Å². The summed E-state index contributed by atoms with van der Waals surface area (Å²) in [5, 5.41) is 9.27. The van der Waals surface area contributed by atoms with Gasteiger partial charge in [-0.15, -0.1) is 0 Å². The van der Waals surface area contributed by atoms with Crippen LogP contribution in [0.1, 0.15) is 5.56 Å². The number of anilines is 2. The number of phenols is 1. The summed E-state index contributed by atoms with van der Waals surface area (Å²) in [5.41, 5.74) is 8.77. The Morgan fingerprint density at radius 3 is 2.50 bits per heavy atom. The van der Waals surface area contributed by atoms with Crippen LogP contribution in [0, 0.1) is 0 Å². The molecule has 4 heteroatoms. The Morgan fingerprint density at radius 1 is 1.17 bits per heavy atom. The van der Waals surface area contributed by atoms with Gasteiger partial charge < -0.3 is 15.7 Å². The lowest BCUT2D eigenvalue weighted by atomic mass is 10.2. The van der Waals surface area contributed by atoms with Crippen molar-refractivity contribution in [3.8, 4) is 5.75 Å². The second kappa shape index (κ2) is 5.31. The molecule has 0 saturated carbocycles. The molecule has 0 saturated heterocycles. The van der Waals surface area contributed by atoms with Crippen molar-refractivity contribution in [1.82, 2.24) is 0 Å². The normalized spacial score (nSPS) is 10.3. The molecule has 0 bridgehead atoms. The molecular formula is C14H15BrN2O. The van der Waals surface area contributed by atoms with Crippen LogP contribution < -0.4 is 10.6 Å². The maximum Gasteiger partial charge on any atom is 0.115 e. The Morgan fingerprint density at radius 2 is 1.83 bits per heavy atom. The van der Waals surface area contributed by atoms with Gasteiger partial charge in [0.25, 0.3) is 0 Å². The van der Waals surface area contributed by atoms with E-state index >= 15 is 0 Å². The number of halogens is 1. The lowest BCUT2D eigenvalue weighted by Crippen LogP contribution is -2.16. The van der Waals surface area contributed by atoms with Gasteiger partial charge in [0.05, 0.1) is 0 Å². The van der Waals surface area contributed by atoms with E-state index in [2.05, 4.69) is 20.8 Å². The van der Waals surface area contributed by atoms with Gasteiger partial charge in [-0.2, -0.15) is 0 Å². The molecule has 0 aromatic heterocycles. The Hall–Kier alpha value is -1.68. The van der Waals surface area contributed by atoms with E-state index in [1.165, 1.54) is 0 Å². The molecule has 0 radical (unpaired) electrons. The molecule has 0 atom stereocenters. The third-order valence-corrected chi connectivity index (χ3v) is 3.77. The predicted molar refractivity (Wildman–Crippen MR) is 78.8 cm³/mol. The van der Waals surface area contributed by atoms with Gasteiger partial charge in [0.1, 0.15) is 5.75 Å². The summed E-state index contributed by atoms with van der Waals surface area (Å²) < 4.78 is 0.940. The van der Waals surface area contributed by atoms with Crippen LogP contribution in [0.5, 0.6) is 5.75 Å². The number of aromatic hydroxyl groups is 1. The maximum absolute atomic E-state index is 9.27. The number of nitrogens with zero attached hydrogens (tertiary/aromatic N) is 1. The van der Waals surface area contributed by atoms with Crippen molar-refractivity contribution in [3.05, 3.63) is 52.5 Å². The van der Waals surface area contributed by atoms with Crippen LogP contribution in [0.25, 0.3) is 0 Å². The zero-order chi connectivity index (χ0) is 13.1. The van der Waals surface area contributed by atoms with Gasteiger partial charge in [-0.1, -0.05) is 12.1 Å². The first-order valence-corrected chi connectivity index (χ1v) is 6.40. The van der Waals surface area contributed by atoms with Gasteiger partial charge in [-0.05, 0) is 51.8 Å². The molecular weight excluding hydrogens is 292 g/mol. The van der Waals surface area contributed by atoms with Crippen molar-refractivity contribution in [1.29, 1.82) is 0 Å². The van der Waals surface area contributed by atoms with Crippen LogP contribution in [-0.4, -0.2) is 12.2 Å². The molecule has 18 heavy (non-hydrogen) atoms. The first kappa shape index (κ1) is 12.8. The highest BCUT2D eigenvalue weighted by Crippen LogP contribution is 2.26. The molecule has 2 aromatic carbocycles. The highest BCUT2D eigenvalue weighted by atomic mass is 79.9. The number of benzene rings is 2. The average Bonchev–Trinajstić information content (AvgIpc) is 2.36. The molecule has 0 heterocycles. The van der Waals surface area contributed by atoms with Gasteiger partial charge in [0.2, 0.25) is 0 Å². The van der Waals surface area contributed by atoms with Crippen LogP contribution in [-0.2, 0) is 6.54 Å². The van der Waals surface area contributed by atoms with Gasteiger partial charge in [0.15, 0.2) is 0 Å². The SMILES string of the molecule is CN(Cc1cccc(N)c1Br)c1ccc(O)cc1. The lowest BCUT2D eigenvalue weighted by molar-refractivity contribution is 0.475. The Kier molecular flexibility index (Phi) is 3.77. The Labute approximate surface area is 115 Å². The topological polar surface area (TPSA) is 49.5 Å². The summed E-state index contributed by atoms with van der Waals surface area (Å²) in [4.78, 5) is 2.10. The number of hydrogen-bond donors (Lipinski definition) is 2. The number of hydrogen-bond acceptors (Lipinski definition) is 3. The van der Waals surface area contributed by atoms with Crippen molar-refractivity contribution < 1.29 is 5.11 Å². The van der Waals surface area contributed by atoms with E-state index in [0.717, 1.165) is 28.0 Å². The molecule has 3 nitrogen and oxygen atoms in total. The fourth-order valence-corrected chi connectivity index (χ4v) is 2.17. The minimum atomic E-state index is 0.275. The van der Waals surface area contributed by atoms with Gasteiger partial charge in [-0.25, -0.2) is 0 Å². The predicted octanol–water partition coefficient (Wildman–Crippen LogP) is 3.37.